The second-order valence-corrected chi connectivity index (χ2v) is 6.34. The van der Waals surface area contributed by atoms with Gasteiger partial charge in [-0.15, -0.1) is 25.3 Å². The summed E-state index contributed by atoms with van der Waals surface area (Å²) < 4.78 is 8.69. The molecule has 0 bridgehead atoms. The highest BCUT2D eigenvalue weighted by Gasteiger charge is 2.34. The average molecular weight is 174 g/mol. The maximum atomic E-state index is 10.2. The minimum atomic E-state index is -4.12. The molecule has 8 heavy (non-hydrogen) atoms. The van der Waals surface area contributed by atoms with E-state index in [0.29, 0.717) is 0 Å². The van der Waals surface area contributed by atoms with Gasteiger partial charge in [0.25, 0.3) is 0 Å². The van der Waals surface area contributed by atoms with Gasteiger partial charge in [-0.1, -0.05) is 0 Å². The smallest absolute Gasteiger partial charge is 0.323 e. The molecule has 0 spiro atoms. The molecular weight excluding hydrogens is 167 g/mol. The lowest BCUT2D eigenvalue weighted by atomic mass is 10.9. The van der Waals surface area contributed by atoms with Crippen molar-refractivity contribution in [1.82, 2.24) is 0 Å². The number of rotatable bonds is 1. The van der Waals surface area contributed by atoms with E-state index in [1.54, 1.807) is 0 Å². The Hall–Kier alpha value is 0.850. The summed E-state index contributed by atoms with van der Waals surface area (Å²) in [6.45, 7) is 1.24. The lowest BCUT2D eigenvalue weighted by Gasteiger charge is -2.16. The molecule has 0 aromatic carbocycles. The van der Waals surface area contributed by atoms with E-state index in [9.17, 15) is 4.57 Å². The first-order valence-electron chi connectivity index (χ1n) is 1.75. The Balaban J connectivity index is 4.26. The lowest BCUT2D eigenvalue weighted by Crippen LogP contribution is -2.05. The van der Waals surface area contributed by atoms with Gasteiger partial charge < -0.3 is 9.79 Å². The lowest BCUT2D eigenvalue weighted by molar-refractivity contribution is 0.369. The summed E-state index contributed by atoms with van der Waals surface area (Å²) in [4.78, 5) is 16.6. The van der Waals surface area contributed by atoms with Crippen molar-refractivity contribution < 1.29 is 14.4 Å². The molecule has 0 aromatic heterocycles. The summed E-state index contributed by atoms with van der Waals surface area (Å²) in [6, 6.07) is 0. The molecule has 0 saturated carbocycles. The van der Waals surface area contributed by atoms with Crippen molar-refractivity contribution in [3.8, 4) is 0 Å². The molecule has 0 rings (SSSR count). The normalized spacial score (nSPS) is 14.1. The minimum absolute atomic E-state index is 1.24. The van der Waals surface area contributed by atoms with Crippen LogP contribution in [0, 0.1) is 0 Å². The summed E-state index contributed by atoms with van der Waals surface area (Å²) >= 11 is 7.07. The van der Waals surface area contributed by atoms with Crippen LogP contribution < -0.4 is 0 Å². The summed E-state index contributed by atoms with van der Waals surface area (Å²) in [5, 5.41) is 0. The van der Waals surface area contributed by atoms with Crippen LogP contribution in [-0.2, 0) is 4.57 Å². The Labute approximate surface area is 58.5 Å². The summed E-state index contributed by atoms with van der Waals surface area (Å²) in [5.41, 5.74) is 0. The standard InChI is InChI=1S/C2H7O3PS2/c1-2(7,8)6(3,4)5/h7-8H,1H3,(H2,3,4,5). The van der Waals surface area contributed by atoms with E-state index in [4.69, 9.17) is 9.79 Å². The van der Waals surface area contributed by atoms with Crippen molar-refractivity contribution in [3.05, 3.63) is 0 Å². The third kappa shape index (κ3) is 2.42. The Kier molecular flexibility index (Phi) is 2.47. The van der Waals surface area contributed by atoms with Gasteiger partial charge in [0.15, 0.2) is 3.82 Å². The minimum Gasteiger partial charge on any atom is -0.323 e. The molecule has 3 nitrogen and oxygen atoms in total. The maximum Gasteiger partial charge on any atom is 0.350 e. The molecule has 0 aliphatic rings. The zero-order chi connectivity index (χ0) is 7.00. The van der Waals surface area contributed by atoms with E-state index in [-0.39, 0.29) is 0 Å². The number of hydrogen-bond donors (Lipinski definition) is 4. The zero-order valence-corrected chi connectivity index (χ0v) is 6.83. The summed E-state index contributed by atoms with van der Waals surface area (Å²) in [5.74, 6) is 0. The number of thiol groups is 2. The van der Waals surface area contributed by atoms with E-state index in [1.165, 1.54) is 6.92 Å². The number of hydrogen-bond acceptors (Lipinski definition) is 3. The second kappa shape index (κ2) is 2.23. The van der Waals surface area contributed by atoms with Gasteiger partial charge in [0.2, 0.25) is 0 Å². The van der Waals surface area contributed by atoms with Gasteiger partial charge in [-0.2, -0.15) is 0 Å². The molecular formula is C2H7O3PS2. The Morgan fingerprint density at radius 2 is 1.62 bits per heavy atom. The van der Waals surface area contributed by atoms with Crippen molar-refractivity contribution in [3.63, 3.8) is 0 Å². The molecule has 0 aromatic rings. The van der Waals surface area contributed by atoms with Gasteiger partial charge in [0.1, 0.15) is 0 Å². The first-order valence-corrected chi connectivity index (χ1v) is 4.26. The maximum absolute atomic E-state index is 10.2. The first-order chi connectivity index (χ1) is 3.25. The van der Waals surface area contributed by atoms with Crippen molar-refractivity contribution in [1.29, 1.82) is 0 Å². The van der Waals surface area contributed by atoms with Crippen LogP contribution in [0.5, 0.6) is 0 Å². The predicted octanol–water partition coefficient (Wildman–Crippen LogP) is 0.697. The molecule has 0 atom stereocenters. The van der Waals surface area contributed by atoms with Crippen molar-refractivity contribution in [2.75, 3.05) is 0 Å². The van der Waals surface area contributed by atoms with Gasteiger partial charge in [-0.05, 0) is 6.92 Å². The topological polar surface area (TPSA) is 57.5 Å². The van der Waals surface area contributed by atoms with Gasteiger partial charge in [0.05, 0.1) is 0 Å². The summed E-state index contributed by atoms with van der Waals surface area (Å²) in [6.07, 6.45) is 0. The van der Waals surface area contributed by atoms with Crippen molar-refractivity contribution in [2.45, 2.75) is 10.7 Å². The van der Waals surface area contributed by atoms with Crippen LogP contribution >= 0.6 is 32.9 Å². The van der Waals surface area contributed by atoms with Crippen LogP contribution in [0.3, 0.4) is 0 Å². The van der Waals surface area contributed by atoms with Crippen LogP contribution in [0.15, 0.2) is 0 Å². The van der Waals surface area contributed by atoms with E-state index in [0.717, 1.165) is 0 Å². The van der Waals surface area contributed by atoms with E-state index in [2.05, 4.69) is 25.3 Å². The van der Waals surface area contributed by atoms with Crippen LogP contribution in [0.25, 0.3) is 0 Å². The Morgan fingerprint density at radius 1 is 1.50 bits per heavy atom. The highest BCUT2D eigenvalue weighted by Crippen LogP contribution is 2.54. The highest BCUT2D eigenvalue weighted by atomic mass is 32.2. The zero-order valence-electron chi connectivity index (χ0n) is 4.14. The molecule has 0 aliphatic heterocycles. The fraction of sp³-hybridized carbons (Fsp3) is 1.00. The molecule has 0 amide bonds. The fourth-order valence-corrected chi connectivity index (χ4v) is 0. The second-order valence-electron chi connectivity index (χ2n) is 1.51. The molecule has 0 unspecified atom stereocenters. The molecule has 0 heterocycles. The first kappa shape index (κ1) is 8.85. The molecule has 0 aliphatic carbocycles. The van der Waals surface area contributed by atoms with Crippen LogP contribution in [0.4, 0.5) is 0 Å². The molecule has 0 radical (unpaired) electrons. The SMILES string of the molecule is CC(S)(S)P(=O)(O)O. The van der Waals surface area contributed by atoms with Crippen molar-refractivity contribution >= 4 is 32.9 Å². The Morgan fingerprint density at radius 3 is 1.62 bits per heavy atom. The fourth-order valence-electron chi connectivity index (χ4n) is 0. The van der Waals surface area contributed by atoms with Gasteiger partial charge in [0, 0.05) is 0 Å². The molecule has 0 saturated heterocycles. The monoisotopic (exact) mass is 174 g/mol. The summed E-state index contributed by atoms with van der Waals surface area (Å²) in [7, 11) is -4.12. The van der Waals surface area contributed by atoms with Crippen LogP contribution in [-0.4, -0.2) is 13.6 Å². The van der Waals surface area contributed by atoms with Crippen LogP contribution in [0.1, 0.15) is 6.92 Å². The molecule has 0 fully saturated rings. The van der Waals surface area contributed by atoms with Crippen molar-refractivity contribution in [2.24, 2.45) is 0 Å². The highest BCUT2D eigenvalue weighted by molar-refractivity contribution is 8.10. The third-order valence-corrected chi connectivity index (χ3v) is 3.22. The average Bonchev–Trinajstić information content (AvgIpc) is 1.25. The van der Waals surface area contributed by atoms with Gasteiger partial charge in [-0.3, -0.25) is 4.57 Å². The molecule has 6 heteroatoms. The molecule has 2 N–H and O–H groups in total. The Bertz CT molecular complexity index is 122. The van der Waals surface area contributed by atoms with Gasteiger partial charge >= 0.3 is 7.60 Å². The third-order valence-electron chi connectivity index (χ3n) is 0.552. The van der Waals surface area contributed by atoms with E-state index in [1.807, 2.05) is 0 Å². The largest absolute Gasteiger partial charge is 0.350 e. The van der Waals surface area contributed by atoms with E-state index >= 15 is 0 Å². The van der Waals surface area contributed by atoms with Gasteiger partial charge in [-0.25, -0.2) is 0 Å². The predicted molar refractivity (Wildman–Crippen MR) is 38.4 cm³/mol. The quantitative estimate of drug-likeness (QED) is 0.269. The van der Waals surface area contributed by atoms with Crippen LogP contribution in [0.2, 0.25) is 0 Å². The molecule has 50 valence electrons. The van der Waals surface area contributed by atoms with E-state index < -0.39 is 11.4 Å².